The maximum atomic E-state index is 6.09. The fraction of sp³-hybridized carbons (Fsp3) is 1.00. The van der Waals surface area contributed by atoms with Crippen LogP contribution in [0.4, 0.5) is 0 Å². The predicted molar refractivity (Wildman–Crippen MR) is 74.7 cm³/mol. The van der Waals surface area contributed by atoms with Crippen molar-refractivity contribution in [2.45, 2.75) is 44.7 Å². The summed E-state index contributed by atoms with van der Waals surface area (Å²) in [5, 5.41) is 0. The second kappa shape index (κ2) is 7.43. The van der Waals surface area contributed by atoms with Crippen LogP contribution in [-0.4, -0.2) is 67.8 Å². The van der Waals surface area contributed by atoms with E-state index in [0.717, 1.165) is 38.8 Å². The highest BCUT2D eigenvalue weighted by Gasteiger charge is 2.28. The first-order chi connectivity index (χ1) is 8.79. The Morgan fingerprint density at radius 2 is 2.00 bits per heavy atom. The molecule has 2 aliphatic heterocycles. The van der Waals surface area contributed by atoms with Crippen molar-refractivity contribution >= 4 is 0 Å². The Morgan fingerprint density at radius 1 is 1.22 bits per heavy atom. The molecule has 0 bridgehead atoms. The van der Waals surface area contributed by atoms with Gasteiger partial charge in [0.2, 0.25) is 0 Å². The summed E-state index contributed by atoms with van der Waals surface area (Å²) in [6, 6.07) is 1.16. The van der Waals surface area contributed by atoms with Crippen LogP contribution in [0.2, 0.25) is 0 Å². The van der Waals surface area contributed by atoms with E-state index in [0.29, 0.717) is 6.04 Å². The monoisotopic (exact) mass is 255 g/mol. The summed E-state index contributed by atoms with van der Waals surface area (Å²) >= 11 is 0. The number of rotatable bonds is 6. The maximum absolute atomic E-state index is 6.09. The topological polar surface area (TPSA) is 41.7 Å². The summed E-state index contributed by atoms with van der Waals surface area (Å²) < 4.78 is 5.42. The van der Waals surface area contributed by atoms with Gasteiger partial charge in [0.15, 0.2) is 0 Å². The summed E-state index contributed by atoms with van der Waals surface area (Å²) in [5.74, 6) is 0. The third-order valence-corrected chi connectivity index (χ3v) is 4.29. The fourth-order valence-corrected chi connectivity index (χ4v) is 3.12. The van der Waals surface area contributed by atoms with Crippen LogP contribution in [0.15, 0.2) is 0 Å². The Hall–Kier alpha value is -0.160. The first-order valence-electron chi connectivity index (χ1n) is 7.59. The lowest BCUT2D eigenvalue weighted by atomic mass is 10.1. The Balaban J connectivity index is 1.64. The normalized spacial score (nSPS) is 28.7. The Morgan fingerprint density at radius 3 is 2.72 bits per heavy atom. The molecule has 2 fully saturated rings. The standard InChI is InChI=1S/C14H29N3O/c1-2-3-13(15)4-6-16-7-5-14(12-16)17-8-10-18-11-9-17/h13-14H,2-12,15H2,1H3. The second-order valence-corrected chi connectivity index (χ2v) is 5.73. The van der Waals surface area contributed by atoms with Crippen molar-refractivity contribution in [3.05, 3.63) is 0 Å². The molecule has 0 saturated carbocycles. The molecule has 0 aliphatic carbocycles. The minimum absolute atomic E-state index is 0.400. The number of nitrogens with two attached hydrogens (primary N) is 1. The van der Waals surface area contributed by atoms with Crippen LogP contribution in [0.3, 0.4) is 0 Å². The van der Waals surface area contributed by atoms with E-state index in [9.17, 15) is 0 Å². The molecule has 2 aliphatic rings. The minimum Gasteiger partial charge on any atom is -0.379 e. The van der Waals surface area contributed by atoms with Crippen LogP contribution in [0.5, 0.6) is 0 Å². The van der Waals surface area contributed by atoms with E-state index in [1.807, 2.05) is 0 Å². The van der Waals surface area contributed by atoms with Crippen molar-refractivity contribution in [3.8, 4) is 0 Å². The maximum Gasteiger partial charge on any atom is 0.0594 e. The van der Waals surface area contributed by atoms with Gasteiger partial charge < -0.3 is 15.4 Å². The summed E-state index contributed by atoms with van der Waals surface area (Å²) in [6.07, 6.45) is 4.85. The molecule has 0 amide bonds. The predicted octanol–water partition coefficient (Wildman–Crippen LogP) is 0.910. The quantitative estimate of drug-likeness (QED) is 0.766. The minimum atomic E-state index is 0.400. The van der Waals surface area contributed by atoms with Gasteiger partial charge in [0, 0.05) is 31.7 Å². The van der Waals surface area contributed by atoms with E-state index in [4.69, 9.17) is 10.5 Å². The molecule has 4 nitrogen and oxygen atoms in total. The van der Waals surface area contributed by atoms with Crippen molar-refractivity contribution in [1.29, 1.82) is 0 Å². The van der Waals surface area contributed by atoms with Gasteiger partial charge in [-0.25, -0.2) is 0 Å². The largest absolute Gasteiger partial charge is 0.379 e. The van der Waals surface area contributed by atoms with Crippen molar-refractivity contribution < 1.29 is 4.74 Å². The summed E-state index contributed by atoms with van der Waals surface area (Å²) in [6.45, 7) is 9.95. The van der Waals surface area contributed by atoms with Crippen molar-refractivity contribution in [3.63, 3.8) is 0 Å². The molecule has 2 atom stereocenters. The average Bonchev–Trinajstić information content (AvgIpc) is 2.87. The van der Waals surface area contributed by atoms with Gasteiger partial charge >= 0.3 is 0 Å². The van der Waals surface area contributed by atoms with Crippen LogP contribution >= 0.6 is 0 Å². The number of likely N-dealkylation sites (tertiary alicyclic amines) is 1. The van der Waals surface area contributed by atoms with E-state index in [1.165, 1.54) is 38.9 Å². The highest BCUT2D eigenvalue weighted by atomic mass is 16.5. The van der Waals surface area contributed by atoms with Gasteiger partial charge in [-0.1, -0.05) is 13.3 Å². The Bertz CT molecular complexity index is 231. The summed E-state index contributed by atoms with van der Waals surface area (Å²) in [7, 11) is 0. The van der Waals surface area contributed by atoms with Gasteiger partial charge in [-0.3, -0.25) is 4.90 Å². The summed E-state index contributed by atoms with van der Waals surface area (Å²) in [4.78, 5) is 5.20. The number of nitrogens with zero attached hydrogens (tertiary/aromatic N) is 2. The molecular formula is C14H29N3O. The molecule has 0 spiro atoms. The SMILES string of the molecule is CCCC(N)CCN1CCC(N2CCOCC2)C1. The molecule has 2 saturated heterocycles. The first-order valence-corrected chi connectivity index (χ1v) is 7.59. The molecule has 2 unspecified atom stereocenters. The van der Waals surface area contributed by atoms with Crippen LogP contribution in [0.25, 0.3) is 0 Å². The van der Waals surface area contributed by atoms with Gasteiger partial charge in [0.05, 0.1) is 13.2 Å². The van der Waals surface area contributed by atoms with Gasteiger partial charge in [0.25, 0.3) is 0 Å². The summed E-state index contributed by atoms with van der Waals surface area (Å²) in [5.41, 5.74) is 6.09. The molecule has 0 aromatic carbocycles. The zero-order valence-electron chi connectivity index (χ0n) is 11.8. The van der Waals surface area contributed by atoms with Gasteiger partial charge in [-0.15, -0.1) is 0 Å². The lowest BCUT2D eigenvalue weighted by Crippen LogP contribution is -2.44. The second-order valence-electron chi connectivity index (χ2n) is 5.73. The lowest BCUT2D eigenvalue weighted by molar-refractivity contribution is 0.0185. The van der Waals surface area contributed by atoms with E-state index < -0.39 is 0 Å². The number of ether oxygens (including phenoxy) is 1. The molecule has 0 radical (unpaired) electrons. The molecule has 2 rings (SSSR count). The Labute approximate surface area is 111 Å². The number of morpholine rings is 1. The van der Waals surface area contributed by atoms with Crippen molar-refractivity contribution in [2.24, 2.45) is 5.73 Å². The number of hydrogen-bond donors (Lipinski definition) is 1. The van der Waals surface area contributed by atoms with E-state index in [1.54, 1.807) is 0 Å². The van der Waals surface area contributed by atoms with Crippen molar-refractivity contribution in [2.75, 3.05) is 45.9 Å². The van der Waals surface area contributed by atoms with E-state index in [-0.39, 0.29) is 0 Å². The molecule has 2 heterocycles. The molecule has 106 valence electrons. The zero-order chi connectivity index (χ0) is 12.8. The molecule has 0 aromatic heterocycles. The van der Waals surface area contributed by atoms with Crippen molar-refractivity contribution in [1.82, 2.24) is 9.80 Å². The van der Waals surface area contributed by atoms with Gasteiger partial charge in [0.1, 0.15) is 0 Å². The first kappa shape index (κ1) is 14.3. The van der Waals surface area contributed by atoms with Gasteiger partial charge in [-0.2, -0.15) is 0 Å². The Kier molecular flexibility index (Phi) is 5.89. The van der Waals surface area contributed by atoms with Crippen LogP contribution in [0, 0.1) is 0 Å². The smallest absolute Gasteiger partial charge is 0.0594 e. The van der Waals surface area contributed by atoms with Crippen LogP contribution in [0.1, 0.15) is 32.6 Å². The van der Waals surface area contributed by atoms with Gasteiger partial charge in [-0.05, 0) is 32.4 Å². The third kappa shape index (κ3) is 4.19. The van der Waals surface area contributed by atoms with E-state index >= 15 is 0 Å². The highest BCUT2D eigenvalue weighted by molar-refractivity contribution is 4.84. The molecule has 4 heteroatoms. The zero-order valence-corrected chi connectivity index (χ0v) is 11.8. The van der Waals surface area contributed by atoms with Crippen LogP contribution in [-0.2, 0) is 4.74 Å². The molecular weight excluding hydrogens is 226 g/mol. The van der Waals surface area contributed by atoms with Crippen LogP contribution < -0.4 is 5.73 Å². The third-order valence-electron chi connectivity index (χ3n) is 4.29. The highest BCUT2D eigenvalue weighted by Crippen LogP contribution is 2.17. The molecule has 2 N–H and O–H groups in total. The lowest BCUT2D eigenvalue weighted by Gasteiger charge is -2.32. The average molecular weight is 255 g/mol. The van der Waals surface area contributed by atoms with E-state index in [2.05, 4.69) is 16.7 Å². The molecule has 0 aromatic rings. The fourth-order valence-electron chi connectivity index (χ4n) is 3.12. The number of hydrogen-bond acceptors (Lipinski definition) is 4. The molecule has 18 heavy (non-hydrogen) atoms.